The maximum atomic E-state index is 11.9. The number of carbonyl (C=O) groups excluding carboxylic acids is 1. The Labute approximate surface area is 131 Å². The van der Waals surface area contributed by atoms with Gasteiger partial charge in [-0.1, -0.05) is 17.4 Å². The van der Waals surface area contributed by atoms with Gasteiger partial charge in [-0.25, -0.2) is 0 Å². The normalized spacial score (nSPS) is 12.4. The van der Waals surface area contributed by atoms with Crippen molar-refractivity contribution in [1.82, 2.24) is 9.88 Å². The molecule has 0 saturated heterocycles. The van der Waals surface area contributed by atoms with Crippen molar-refractivity contribution in [2.75, 3.05) is 13.3 Å². The number of hydrogen-bond donors (Lipinski definition) is 1. The topological polar surface area (TPSA) is 69.6 Å². The number of amides is 1. The van der Waals surface area contributed by atoms with E-state index in [-0.39, 0.29) is 24.1 Å². The van der Waals surface area contributed by atoms with E-state index >= 15 is 0 Å². The van der Waals surface area contributed by atoms with Gasteiger partial charge in [0.25, 0.3) is 0 Å². The standard InChI is InChI=1S/C15H16N2O4S/c1-10-8-22-15(19)17(10)7-14(18)16-5-4-11-2-3-12-13(6-11)21-9-20-12/h2-3,6,8H,4-5,7,9H2,1H3,(H,16,18). The zero-order chi connectivity index (χ0) is 15.5. The molecule has 0 radical (unpaired) electrons. The molecular weight excluding hydrogens is 304 g/mol. The smallest absolute Gasteiger partial charge is 0.307 e. The molecule has 2 aromatic rings. The van der Waals surface area contributed by atoms with Crippen molar-refractivity contribution in [3.8, 4) is 11.5 Å². The van der Waals surface area contributed by atoms with Crippen molar-refractivity contribution in [3.63, 3.8) is 0 Å². The summed E-state index contributed by atoms with van der Waals surface area (Å²) in [6, 6.07) is 5.74. The van der Waals surface area contributed by atoms with Crippen LogP contribution in [0.4, 0.5) is 0 Å². The lowest BCUT2D eigenvalue weighted by Crippen LogP contribution is -2.32. The first-order valence-electron chi connectivity index (χ1n) is 6.93. The summed E-state index contributed by atoms with van der Waals surface area (Å²) < 4.78 is 12.0. The third kappa shape index (κ3) is 3.14. The Bertz CT molecular complexity index is 750. The predicted octanol–water partition coefficient (Wildman–Crippen LogP) is 1.31. The average molecular weight is 320 g/mol. The van der Waals surface area contributed by atoms with Gasteiger partial charge < -0.3 is 14.8 Å². The molecular formula is C15H16N2O4S. The first-order chi connectivity index (χ1) is 10.6. The van der Waals surface area contributed by atoms with Gasteiger partial charge in [-0.15, -0.1) is 0 Å². The molecule has 0 bridgehead atoms. The number of benzene rings is 1. The highest BCUT2D eigenvalue weighted by atomic mass is 32.1. The largest absolute Gasteiger partial charge is 0.454 e. The molecule has 0 unspecified atom stereocenters. The number of aromatic nitrogens is 1. The van der Waals surface area contributed by atoms with Crippen molar-refractivity contribution < 1.29 is 14.3 Å². The molecule has 1 aliphatic rings. The molecule has 1 aromatic heterocycles. The summed E-state index contributed by atoms with van der Waals surface area (Å²) in [6.45, 7) is 2.65. The van der Waals surface area contributed by atoms with Crippen LogP contribution < -0.4 is 19.7 Å². The van der Waals surface area contributed by atoms with Gasteiger partial charge in [0, 0.05) is 17.6 Å². The number of nitrogens with zero attached hydrogens (tertiary/aromatic N) is 1. The summed E-state index contributed by atoms with van der Waals surface area (Å²) in [4.78, 5) is 23.3. The molecule has 2 heterocycles. The number of fused-ring (bicyclic) bond motifs is 1. The fourth-order valence-corrected chi connectivity index (χ4v) is 2.97. The average Bonchev–Trinajstić information content (AvgIpc) is 3.08. The minimum Gasteiger partial charge on any atom is -0.454 e. The second-order valence-corrected chi connectivity index (χ2v) is 5.84. The van der Waals surface area contributed by atoms with Gasteiger partial charge in [0.15, 0.2) is 11.5 Å². The Balaban J connectivity index is 1.51. The number of ether oxygens (including phenoxy) is 2. The highest BCUT2D eigenvalue weighted by Crippen LogP contribution is 2.32. The molecule has 0 atom stereocenters. The lowest BCUT2D eigenvalue weighted by Gasteiger charge is -2.07. The number of nitrogens with one attached hydrogen (secondary N) is 1. The van der Waals surface area contributed by atoms with E-state index in [0.29, 0.717) is 13.0 Å². The van der Waals surface area contributed by atoms with E-state index in [9.17, 15) is 9.59 Å². The molecule has 6 nitrogen and oxygen atoms in total. The molecule has 1 aliphatic heterocycles. The summed E-state index contributed by atoms with van der Waals surface area (Å²) in [5, 5.41) is 4.58. The van der Waals surface area contributed by atoms with Crippen molar-refractivity contribution in [1.29, 1.82) is 0 Å². The molecule has 116 valence electrons. The Morgan fingerprint density at radius 1 is 1.36 bits per heavy atom. The Hall–Kier alpha value is -2.28. The van der Waals surface area contributed by atoms with E-state index in [1.807, 2.05) is 25.1 Å². The minimum absolute atomic E-state index is 0.0648. The highest BCUT2D eigenvalue weighted by Gasteiger charge is 2.13. The maximum Gasteiger partial charge on any atom is 0.307 e. The lowest BCUT2D eigenvalue weighted by atomic mass is 10.1. The van der Waals surface area contributed by atoms with Gasteiger partial charge in [0.1, 0.15) is 6.54 Å². The summed E-state index contributed by atoms with van der Waals surface area (Å²) in [6.07, 6.45) is 0.694. The summed E-state index contributed by atoms with van der Waals surface area (Å²) >= 11 is 1.11. The predicted molar refractivity (Wildman–Crippen MR) is 82.6 cm³/mol. The zero-order valence-electron chi connectivity index (χ0n) is 12.1. The van der Waals surface area contributed by atoms with Crippen LogP contribution in [0.3, 0.4) is 0 Å². The second-order valence-electron chi connectivity index (χ2n) is 5.02. The van der Waals surface area contributed by atoms with E-state index in [4.69, 9.17) is 9.47 Å². The molecule has 0 aliphatic carbocycles. The molecule has 0 spiro atoms. The first kappa shape index (κ1) is 14.6. The molecule has 1 N–H and O–H groups in total. The summed E-state index contributed by atoms with van der Waals surface area (Å²) in [5.74, 6) is 1.33. The van der Waals surface area contributed by atoms with Crippen molar-refractivity contribution in [3.05, 3.63) is 44.5 Å². The number of aryl methyl sites for hydroxylation is 1. The second kappa shape index (κ2) is 6.23. The quantitative estimate of drug-likeness (QED) is 0.902. The minimum atomic E-state index is -0.163. The number of hydrogen-bond acceptors (Lipinski definition) is 5. The van der Waals surface area contributed by atoms with Gasteiger partial charge in [0.2, 0.25) is 12.7 Å². The molecule has 0 saturated carbocycles. The lowest BCUT2D eigenvalue weighted by molar-refractivity contribution is -0.121. The van der Waals surface area contributed by atoms with Crippen molar-refractivity contribution in [2.24, 2.45) is 0 Å². The van der Waals surface area contributed by atoms with Crippen LogP contribution in [0, 0.1) is 6.92 Å². The fourth-order valence-electron chi connectivity index (χ4n) is 2.24. The Morgan fingerprint density at radius 3 is 2.95 bits per heavy atom. The van der Waals surface area contributed by atoms with E-state index in [1.165, 1.54) is 4.57 Å². The third-order valence-corrected chi connectivity index (χ3v) is 4.33. The third-order valence-electron chi connectivity index (χ3n) is 3.45. The summed E-state index contributed by atoms with van der Waals surface area (Å²) in [7, 11) is 0. The number of carbonyl (C=O) groups is 1. The molecule has 3 rings (SSSR count). The van der Waals surface area contributed by atoms with E-state index < -0.39 is 0 Å². The van der Waals surface area contributed by atoms with Crippen LogP contribution in [-0.4, -0.2) is 23.8 Å². The van der Waals surface area contributed by atoms with Crippen LogP contribution >= 0.6 is 11.3 Å². The molecule has 1 amide bonds. The van der Waals surface area contributed by atoms with Gasteiger partial charge in [-0.3, -0.25) is 14.2 Å². The van der Waals surface area contributed by atoms with Gasteiger partial charge in [-0.2, -0.15) is 0 Å². The molecule has 0 fully saturated rings. The van der Waals surface area contributed by atoms with Gasteiger partial charge >= 0.3 is 4.87 Å². The van der Waals surface area contributed by atoms with Gasteiger partial charge in [0.05, 0.1) is 0 Å². The Kier molecular flexibility index (Phi) is 4.15. The highest BCUT2D eigenvalue weighted by molar-refractivity contribution is 7.07. The summed E-state index contributed by atoms with van der Waals surface area (Å²) in [5.41, 5.74) is 1.87. The SMILES string of the molecule is Cc1csc(=O)n1CC(=O)NCCc1ccc2c(c1)OCO2. The van der Waals surface area contributed by atoms with Crippen LogP contribution in [0.5, 0.6) is 11.5 Å². The van der Waals surface area contributed by atoms with Crippen LogP contribution in [0.2, 0.25) is 0 Å². The van der Waals surface area contributed by atoms with E-state index in [0.717, 1.165) is 34.1 Å². The van der Waals surface area contributed by atoms with Crippen LogP contribution in [0.25, 0.3) is 0 Å². The van der Waals surface area contributed by atoms with Crippen molar-refractivity contribution in [2.45, 2.75) is 19.9 Å². The number of rotatable bonds is 5. The molecule has 7 heteroatoms. The van der Waals surface area contributed by atoms with Crippen LogP contribution in [0.15, 0.2) is 28.4 Å². The van der Waals surface area contributed by atoms with Crippen LogP contribution in [-0.2, 0) is 17.8 Å². The van der Waals surface area contributed by atoms with Crippen molar-refractivity contribution >= 4 is 17.2 Å². The molecule has 1 aromatic carbocycles. The maximum absolute atomic E-state index is 11.9. The first-order valence-corrected chi connectivity index (χ1v) is 7.81. The van der Waals surface area contributed by atoms with Gasteiger partial charge in [-0.05, 0) is 31.0 Å². The number of thiazole rings is 1. The fraction of sp³-hybridized carbons (Fsp3) is 0.333. The zero-order valence-corrected chi connectivity index (χ0v) is 12.9. The Morgan fingerprint density at radius 2 is 2.18 bits per heavy atom. The van der Waals surface area contributed by atoms with E-state index in [2.05, 4.69) is 5.32 Å². The van der Waals surface area contributed by atoms with Crippen LogP contribution in [0.1, 0.15) is 11.3 Å². The monoisotopic (exact) mass is 320 g/mol. The van der Waals surface area contributed by atoms with E-state index in [1.54, 1.807) is 5.38 Å². The molecule has 22 heavy (non-hydrogen) atoms.